The fourth-order valence-electron chi connectivity index (χ4n) is 4.48. The molecule has 5 rings (SSSR count). The van der Waals surface area contributed by atoms with Crippen LogP contribution in [0, 0.1) is 6.92 Å². The van der Waals surface area contributed by atoms with Crippen LogP contribution >= 0.6 is 11.6 Å². The summed E-state index contributed by atoms with van der Waals surface area (Å²) in [6.07, 6.45) is 1.12. The third-order valence-corrected chi connectivity index (χ3v) is 6.44. The van der Waals surface area contributed by atoms with Gasteiger partial charge in [0.1, 0.15) is 24.0 Å². The van der Waals surface area contributed by atoms with E-state index in [4.69, 9.17) is 16.3 Å². The van der Waals surface area contributed by atoms with Gasteiger partial charge in [0, 0.05) is 22.5 Å². The molecule has 0 spiro atoms. The maximum Gasteiger partial charge on any atom is 0.406 e. The van der Waals surface area contributed by atoms with Crippen LogP contribution in [-0.2, 0) is 11.2 Å². The van der Waals surface area contributed by atoms with E-state index in [0.29, 0.717) is 34.0 Å². The van der Waals surface area contributed by atoms with Crippen molar-refractivity contribution in [3.05, 3.63) is 71.4 Å². The number of carbonyl (C=O) groups is 1. The number of hydrogen-bond donors (Lipinski definition) is 0. The summed E-state index contributed by atoms with van der Waals surface area (Å²) < 4.78 is 49.0. The minimum atomic E-state index is -4.58. The molecule has 4 aromatic rings. The summed E-state index contributed by atoms with van der Waals surface area (Å²) in [5.74, 6) is -0.142. The van der Waals surface area contributed by atoms with Crippen molar-refractivity contribution in [3.8, 4) is 22.7 Å². The van der Waals surface area contributed by atoms with Gasteiger partial charge in [0.25, 0.3) is 5.91 Å². The first kappa shape index (κ1) is 24.8. The Balaban J connectivity index is 1.47. The predicted octanol–water partition coefficient (Wildman–Crippen LogP) is 5.18. The quantitative estimate of drug-likeness (QED) is 0.355. The van der Waals surface area contributed by atoms with E-state index in [1.807, 2.05) is 29.8 Å². The number of halogens is 4. The fraction of sp³-hybridized carbons (Fsp3) is 0.280. The van der Waals surface area contributed by atoms with Crippen molar-refractivity contribution in [1.29, 1.82) is 0 Å². The number of fused-ring (bicyclic) bond motifs is 1. The second-order valence-corrected chi connectivity index (χ2v) is 9.20. The molecule has 12 heteroatoms. The first-order valence-corrected chi connectivity index (χ1v) is 11.8. The van der Waals surface area contributed by atoms with E-state index in [1.165, 1.54) is 16.8 Å². The highest BCUT2D eigenvalue weighted by molar-refractivity contribution is 6.30. The van der Waals surface area contributed by atoms with Crippen LogP contribution < -0.4 is 9.64 Å². The van der Waals surface area contributed by atoms with E-state index in [2.05, 4.69) is 15.3 Å². The van der Waals surface area contributed by atoms with Crippen molar-refractivity contribution in [2.24, 2.45) is 0 Å². The highest BCUT2D eigenvalue weighted by atomic mass is 35.5. The minimum absolute atomic E-state index is 0.199. The van der Waals surface area contributed by atoms with Crippen LogP contribution in [0.1, 0.15) is 23.7 Å². The van der Waals surface area contributed by atoms with Crippen LogP contribution in [0.4, 0.5) is 18.9 Å². The lowest BCUT2D eigenvalue weighted by molar-refractivity contribution is -0.134. The highest BCUT2D eigenvalue weighted by Gasteiger charge is 2.39. The molecule has 37 heavy (non-hydrogen) atoms. The van der Waals surface area contributed by atoms with Crippen LogP contribution in [0.2, 0.25) is 5.02 Å². The monoisotopic (exact) mass is 530 g/mol. The normalized spacial score (nSPS) is 16.0. The van der Waals surface area contributed by atoms with Gasteiger partial charge < -0.3 is 14.2 Å². The zero-order chi connectivity index (χ0) is 26.3. The molecule has 2 aromatic carbocycles. The standard InChI is InChI=1S/C25H22ClF3N6O2/c1-15-11-33(14-30-15)21-6-3-16(10-23(21)37-2)19-12-35(32-31-19)22-7-4-17-9-18(26)5-8-20(17)34(24(22)36)13-25(27,28)29/h3,5-6,8-12,14,22H,4,7,13H2,1-2H3/t22-/m1/s1. The van der Waals surface area contributed by atoms with Crippen LogP contribution in [0.25, 0.3) is 16.9 Å². The van der Waals surface area contributed by atoms with Gasteiger partial charge in [-0.05, 0) is 55.7 Å². The summed E-state index contributed by atoms with van der Waals surface area (Å²) in [6.45, 7) is 0.471. The largest absolute Gasteiger partial charge is 0.495 e. The number of aromatic nitrogens is 5. The van der Waals surface area contributed by atoms with Crippen LogP contribution in [0.5, 0.6) is 5.75 Å². The molecule has 0 radical (unpaired) electrons. The molecule has 0 saturated carbocycles. The second-order valence-electron chi connectivity index (χ2n) is 8.76. The third kappa shape index (κ3) is 5.04. The van der Waals surface area contributed by atoms with Gasteiger partial charge in [0.15, 0.2) is 0 Å². The highest BCUT2D eigenvalue weighted by Crippen LogP contribution is 2.36. The molecule has 192 valence electrons. The van der Waals surface area contributed by atoms with E-state index in [0.717, 1.165) is 16.3 Å². The van der Waals surface area contributed by atoms with E-state index in [1.54, 1.807) is 31.8 Å². The Morgan fingerprint density at radius 2 is 1.92 bits per heavy atom. The lowest BCUT2D eigenvalue weighted by Gasteiger charge is -2.26. The van der Waals surface area contributed by atoms with E-state index in [9.17, 15) is 18.0 Å². The smallest absolute Gasteiger partial charge is 0.406 e. The lowest BCUT2D eigenvalue weighted by atomic mass is 10.1. The number of amides is 1. The van der Waals surface area contributed by atoms with Gasteiger partial charge >= 0.3 is 6.18 Å². The van der Waals surface area contributed by atoms with Gasteiger partial charge in [0.2, 0.25) is 0 Å². The van der Waals surface area contributed by atoms with Crippen molar-refractivity contribution in [3.63, 3.8) is 0 Å². The summed E-state index contributed by atoms with van der Waals surface area (Å²) in [5.41, 5.74) is 3.52. The minimum Gasteiger partial charge on any atom is -0.495 e. The van der Waals surface area contributed by atoms with Crippen molar-refractivity contribution in [2.45, 2.75) is 32.0 Å². The number of nitrogens with zero attached hydrogens (tertiary/aromatic N) is 6. The number of rotatable bonds is 5. The molecule has 8 nitrogen and oxygen atoms in total. The number of carbonyl (C=O) groups excluding carboxylic acids is 1. The molecule has 1 amide bonds. The molecule has 3 heterocycles. The average Bonchev–Trinajstić information content (AvgIpc) is 3.49. The topological polar surface area (TPSA) is 78.1 Å². The molecule has 1 aliphatic heterocycles. The van der Waals surface area contributed by atoms with Gasteiger partial charge in [-0.1, -0.05) is 22.9 Å². The lowest BCUT2D eigenvalue weighted by Crippen LogP contribution is -2.42. The summed E-state index contributed by atoms with van der Waals surface area (Å²) in [6, 6.07) is 9.00. The second kappa shape index (κ2) is 9.55. The van der Waals surface area contributed by atoms with Crippen molar-refractivity contribution in [2.75, 3.05) is 18.6 Å². The molecule has 0 aliphatic carbocycles. The first-order valence-electron chi connectivity index (χ1n) is 11.4. The zero-order valence-corrected chi connectivity index (χ0v) is 20.7. The number of ether oxygens (including phenoxy) is 1. The third-order valence-electron chi connectivity index (χ3n) is 6.20. The average molecular weight is 531 g/mol. The molecular formula is C25H22ClF3N6O2. The maximum atomic E-state index is 13.4. The Morgan fingerprint density at radius 3 is 2.62 bits per heavy atom. The molecule has 0 N–H and O–H groups in total. The van der Waals surface area contributed by atoms with Gasteiger partial charge in [-0.2, -0.15) is 13.2 Å². The Hall–Kier alpha value is -3.86. The number of hydrogen-bond acceptors (Lipinski definition) is 5. The summed E-state index contributed by atoms with van der Waals surface area (Å²) in [4.78, 5) is 18.4. The molecule has 0 unspecified atom stereocenters. The summed E-state index contributed by atoms with van der Waals surface area (Å²) in [5, 5.41) is 8.70. The number of aryl methyl sites for hydroxylation is 2. The van der Waals surface area contributed by atoms with Crippen LogP contribution in [0.15, 0.2) is 55.1 Å². The SMILES string of the molecule is COc1cc(-c2cn([C@@H]3CCc4cc(Cl)ccc4N(CC(F)(F)F)C3=O)nn2)ccc1-n1cnc(C)c1. The Bertz CT molecular complexity index is 1460. The fourth-order valence-corrected chi connectivity index (χ4v) is 4.68. The molecule has 0 bridgehead atoms. The van der Waals surface area contributed by atoms with Crippen molar-refractivity contribution in [1.82, 2.24) is 24.5 Å². The van der Waals surface area contributed by atoms with Crippen molar-refractivity contribution >= 4 is 23.2 Å². The van der Waals surface area contributed by atoms with Crippen molar-refractivity contribution < 1.29 is 22.7 Å². The summed E-state index contributed by atoms with van der Waals surface area (Å²) >= 11 is 6.08. The maximum absolute atomic E-state index is 13.4. The number of benzene rings is 2. The molecule has 1 atom stereocenters. The Labute approximate surface area is 215 Å². The Kier molecular flexibility index (Phi) is 6.40. The molecular weight excluding hydrogens is 509 g/mol. The van der Waals surface area contributed by atoms with E-state index >= 15 is 0 Å². The van der Waals surface area contributed by atoms with E-state index in [-0.39, 0.29) is 12.1 Å². The number of imidazole rings is 1. The molecule has 2 aromatic heterocycles. The zero-order valence-electron chi connectivity index (χ0n) is 19.9. The molecule has 0 fully saturated rings. The Morgan fingerprint density at radius 1 is 1.14 bits per heavy atom. The van der Waals surface area contributed by atoms with Crippen LogP contribution in [0.3, 0.4) is 0 Å². The van der Waals surface area contributed by atoms with Gasteiger partial charge in [0.05, 0.1) is 31.0 Å². The first-order chi connectivity index (χ1) is 17.6. The predicted molar refractivity (Wildman–Crippen MR) is 131 cm³/mol. The van der Waals surface area contributed by atoms with Gasteiger partial charge in [-0.25, -0.2) is 9.67 Å². The molecule has 1 aliphatic rings. The molecule has 0 saturated heterocycles. The van der Waals surface area contributed by atoms with Crippen LogP contribution in [-0.4, -0.2) is 50.3 Å². The number of anilines is 1. The van der Waals surface area contributed by atoms with Gasteiger partial charge in [-0.15, -0.1) is 5.10 Å². The number of alkyl halides is 3. The van der Waals surface area contributed by atoms with Gasteiger partial charge in [-0.3, -0.25) is 4.79 Å². The van der Waals surface area contributed by atoms with E-state index < -0.39 is 24.7 Å². The number of methoxy groups -OCH3 is 1. The summed E-state index contributed by atoms with van der Waals surface area (Å²) in [7, 11) is 1.55.